The molecule has 3 rings (SSSR count). The molecule has 0 radical (unpaired) electrons. The Morgan fingerprint density at radius 2 is 1.76 bits per heavy atom. The Kier molecular flexibility index (Phi) is 2.49. The second-order valence-electron chi connectivity index (χ2n) is 4.33. The smallest absolute Gasteiger partial charge is 0.312 e. The molecule has 3 aromatic rings. The van der Waals surface area contributed by atoms with E-state index in [1.165, 1.54) is 0 Å². The van der Waals surface area contributed by atoms with Gasteiger partial charge in [0.25, 0.3) is 0 Å². The fraction of sp³-hybridized carbons (Fsp3) is 0. The molecule has 0 aliphatic heterocycles. The molecule has 2 aromatic carbocycles. The zero-order valence-electron chi connectivity index (χ0n) is 10.2. The van der Waals surface area contributed by atoms with Gasteiger partial charge in [0.2, 0.25) is 11.0 Å². The van der Waals surface area contributed by atoms with Crippen molar-refractivity contribution in [3.8, 4) is 17.2 Å². The molecule has 0 aliphatic rings. The van der Waals surface area contributed by atoms with E-state index in [1.54, 1.807) is 0 Å². The highest BCUT2D eigenvalue weighted by Gasteiger charge is 2.22. The van der Waals surface area contributed by atoms with Gasteiger partial charge in [-0.1, -0.05) is 0 Å². The molecule has 1 heterocycles. The number of rotatable bonds is 1. The number of nitro groups is 1. The first kappa shape index (κ1) is 12.7. The number of nitro benzene ring substituents is 1. The van der Waals surface area contributed by atoms with Gasteiger partial charge in [-0.25, -0.2) is 0 Å². The lowest BCUT2D eigenvalue weighted by Crippen LogP contribution is -2.04. The van der Waals surface area contributed by atoms with Crippen molar-refractivity contribution in [3.63, 3.8) is 0 Å². The number of fused-ring (bicyclic) bond motifs is 2. The average Bonchev–Trinajstić information content (AvgIpc) is 2.37. The normalized spacial score (nSPS) is 11.0. The zero-order chi connectivity index (χ0) is 15.3. The first-order chi connectivity index (χ1) is 9.90. The van der Waals surface area contributed by atoms with Gasteiger partial charge in [0, 0.05) is 18.2 Å². The lowest BCUT2D eigenvalue weighted by molar-refractivity contribution is -0.383. The van der Waals surface area contributed by atoms with E-state index in [4.69, 9.17) is 4.42 Å². The third kappa shape index (κ3) is 1.73. The van der Waals surface area contributed by atoms with E-state index in [0.717, 1.165) is 24.3 Å². The Bertz CT molecular complexity index is 974. The Morgan fingerprint density at radius 3 is 2.43 bits per heavy atom. The van der Waals surface area contributed by atoms with Gasteiger partial charge in [0.1, 0.15) is 33.6 Å². The Hall–Kier alpha value is -3.29. The molecule has 106 valence electrons. The van der Waals surface area contributed by atoms with E-state index < -0.39 is 38.5 Å². The molecule has 8 heteroatoms. The molecule has 0 saturated carbocycles. The summed E-state index contributed by atoms with van der Waals surface area (Å²) >= 11 is 0. The molecule has 0 fully saturated rings. The van der Waals surface area contributed by atoms with Gasteiger partial charge in [-0.15, -0.1) is 0 Å². The van der Waals surface area contributed by atoms with E-state index in [1.807, 2.05) is 0 Å². The van der Waals surface area contributed by atoms with Crippen LogP contribution in [0.15, 0.2) is 33.5 Å². The number of phenols is 3. The maximum atomic E-state index is 12.3. The molecule has 3 N–H and O–H groups in total. The highest BCUT2D eigenvalue weighted by Crippen LogP contribution is 2.35. The predicted molar refractivity (Wildman–Crippen MR) is 71.6 cm³/mol. The predicted octanol–water partition coefficient (Wildman–Crippen LogP) is 1.97. The number of hydrogen-bond donors (Lipinski definition) is 3. The molecule has 21 heavy (non-hydrogen) atoms. The lowest BCUT2D eigenvalue weighted by Gasteiger charge is -2.05. The summed E-state index contributed by atoms with van der Waals surface area (Å²) in [5, 5.41) is 39.2. The van der Waals surface area contributed by atoms with Gasteiger partial charge in [0.05, 0.1) is 4.92 Å². The van der Waals surface area contributed by atoms with E-state index in [-0.39, 0.29) is 16.7 Å². The first-order valence-corrected chi connectivity index (χ1v) is 5.69. The number of benzene rings is 2. The van der Waals surface area contributed by atoms with Crippen molar-refractivity contribution in [2.75, 3.05) is 0 Å². The van der Waals surface area contributed by atoms with Gasteiger partial charge in [-0.2, -0.15) is 0 Å². The first-order valence-electron chi connectivity index (χ1n) is 5.69. The lowest BCUT2D eigenvalue weighted by atomic mass is 10.1. The third-order valence-corrected chi connectivity index (χ3v) is 3.04. The zero-order valence-corrected chi connectivity index (χ0v) is 10.2. The van der Waals surface area contributed by atoms with Crippen LogP contribution in [0.1, 0.15) is 0 Å². The summed E-state index contributed by atoms with van der Waals surface area (Å²) < 4.78 is 5.24. The monoisotopic (exact) mass is 289 g/mol. The maximum Gasteiger partial charge on any atom is 0.312 e. The molecular weight excluding hydrogens is 282 g/mol. The summed E-state index contributed by atoms with van der Waals surface area (Å²) in [4.78, 5) is 22.5. The minimum absolute atomic E-state index is 0.223. The minimum atomic E-state index is -0.829. The molecule has 0 saturated heterocycles. The van der Waals surface area contributed by atoms with Gasteiger partial charge in [0.15, 0.2) is 0 Å². The highest BCUT2D eigenvalue weighted by atomic mass is 16.6. The van der Waals surface area contributed by atoms with E-state index >= 15 is 0 Å². The summed E-state index contributed by atoms with van der Waals surface area (Å²) in [5.41, 5.74) is -1.99. The molecule has 0 unspecified atom stereocenters. The number of aromatic hydroxyl groups is 3. The van der Waals surface area contributed by atoms with Crippen molar-refractivity contribution in [1.29, 1.82) is 0 Å². The highest BCUT2D eigenvalue weighted by molar-refractivity contribution is 5.99. The molecule has 1 aromatic heterocycles. The minimum Gasteiger partial charge on any atom is -0.508 e. The van der Waals surface area contributed by atoms with Crippen LogP contribution in [-0.4, -0.2) is 20.2 Å². The standard InChI is InChI=1S/C13H7NO7/c15-5-3-8(17)10-9(4-5)21-13-6(14(19)20)1-2-7(16)11(13)12(10)18/h1-4,15-17H. The average molecular weight is 289 g/mol. The summed E-state index contributed by atoms with van der Waals surface area (Å²) in [6.45, 7) is 0. The van der Waals surface area contributed by atoms with Gasteiger partial charge >= 0.3 is 5.69 Å². The van der Waals surface area contributed by atoms with Crippen molar-refractivity contribution in [3.05, 3.63) is 44.6 Å². The van der Waals surface area contributed by atoms with Crippen LogP contribution < -0.4 is 5.43 Å². The van der Waals surface area contributed by atoms with Crippen LogP contribution in [0, 0.1) is 10.1 Å². The quantitative estimate of drug-likeness (QED) is 0.354. The third-order valence-electron chi connectivity index (χ3n) is 3.04. The maximum absolute atomic E-state index is 12.3. The fourth-order valence-corrected chi connectivity index (χ4v) is 2.16. The molecule has 0 aliphatic carbocycles. The largest absolute Gasteiger partial charge is 0.508 e. The molecule has 0 atom stereocenters. The van der Waals surface area contributed by atoms with E-state index in [9.17, 15) is 30.2 Å². The van der Waals surface area contributed by atoms with Crippen LogP contribution >= 0.6 is 0 Å². The summed E-state index contributed by atoms with van der Waals surface area (Å²) in [6.07, 6.45) is 0. The second kappa shape index (κ2) is 4.10. The van der Waals surface area contributed by atoms with Gasteiger partial charge in [-0.05, 0) is 6.07 Å². The molecular formula is C13H7NO7. The number of non-ortho nitro benzene ring substituents is 1. The van der Waals surface area contributed by atoms with Crippen molar-refractivity contribution in [1.82, 2.24) is 0 Å². The molecule has 0 bridgehead atoms. The topological polar surface area (TPSA) is 134 Å². The summed E-state index contributed by atoms with van der Waals surface area (Å²) in [6, 6.07) is 3.97. The Morgan fingerprint density at radius 1 is 1.05 bits per heavy atom. The van der Waals surface area contributed by atoms with Crippen LogP contribution in [-0.2, 0) is 0 Å². The van der Waals surface area contributed by atoms with Gasteiger partial charge in [-0.3, -0.25) is 14.9 Å². The molecule has 0 amide bonds. The van der Waals surface area contributed by atoms with Crippen molar-refractivity contribution in [2.24, 2.45) is 0 Å². The second-order valence-corrected chi connectivity index (χ2v) is 4.33. The van der Waals surface area contributed by atoms with Crippen molar-refractivity contribution >= 4 is 27.6 Å². The fourth-order valence-electron chi connectivity index (χ4n) is 2.16. The van der Waals surface area contributed by atoms with Crippen molar-refractivity contribution < 1.29 is 24.7 Å². The number of hydrogen-bond acceptors (Lipinski definition) is 7. The van der Waals surface area contributed by atoms with E-state index in [0.29, 0.717) is 0 Å². The molecule has 0 spiro atoms. The summed E-state index contributed by atoms with van der Waals surface area (Å²) in [5.74, 6) is -1.42. The summed E-state index contributed by atoms with van der Waals surface area (Å²) in [7, 11) is 0. The van der Waals surface area contributed by atoms with E-state index in [2.05, 4.69) is 0 Å². The van der Waals surface area contributed by atoms with Crippen LogP contribution in [0.5, 0.6) is 17.2 Å². The van der Waals surface area contributed by atoms with Crippen LogP contribution in [0.2, 0.25) is 0 Å². The Balaban J connectivity index is 2.66. The van der Waals surface area contributed by atoms with Crippen LogP contribution in [0.4, 0.5) is 5.69 Å². The van der Waals surface area contributed by atoms with Crippen LogP contribution in [0.3, 0.4) is 0 Å². The number of nitrogens with zero attached hydrogens (tertiary/aromatic N) is 1. The SMILES string of the molecule is O=c1c2c(O)cc(O)cc2oc2c([N+](=O)[O-])ccc(O)c12. The Labute approximate surface area is 115 Å². The van der Waals surface area contributed by atoms with Gasteiger partial charge < -0.3 is 19.7 Å². The molecule has 8 nitrogen and oxygen atoms in total. The van der Waals surface area contributed by atoms with Crippen LogP contribution in [0.25, 0.3) is 21.9 Å². The van der Waals surface area contributed by atoms with Crippen molar-refractivity contribution in [2.45, 2.75) is 0 Å². The number of phenolic OH excluding ortho intramolecular Hbond substituents is 3.